The average Bonchev–Trinajstić information content (AvgIpc) is 3.65. The van der Waals surface area contributed by atoms with Gasteiger partial charge in [-0.2, -0.15) is 0 Å². The van der Waals surface area contributed by atoms with Gasteiger partial charge in [-0.3, -0.25) is 4.79 Å². The molecule has 4 aromatic rings. The van der Waals surface area contributed by atoms with Crippen LogP contribution in [0.1, 0.15) is 91.3 Å². The average molecular weight is 599 g/mol. The Kier molecular flexibility index (Phi) is 9.50. The molecule has 0 bridgehead atoms. The number of nitrogens with zero attached hydrogens (tertiary/aromatic N) is 1. The molecule has 7 heteroatoms. The number of carboxylic acid groups (broad SMARTS) is 1. The van der Waals surface area contributed by atoms with Crippen LogP contribution in [-0.4, -0.2) is 28.0 Å². The minimum atomic E-state index is -1.05. The van der Waals surface area contributed by atoms with Gasteiger partial charge in [-0.1, -0.05) is 78.0 Å². The molecule has 1 saturated carbocycles. The zero-order chi connectivity index (χ0) is 30.6. The highest BCUT2D eigenvalue weighted by atomic mass is 32.1. The first-order valence-corrected chi connectivity index (χ1v) is 16.2. The molecule has 1 amide bonds. The monoisotopic (exact) mass is 598 g/mol. The number of pyridine rings is 1. The molecule has 0 aliphatic heterocycles. The van der Waals surface area contributed by atoms with Crippen molar-refractivity contribution in [1.82, 2.24) is 10.3 Å². The summed E-state index contributed by atoms with van der Waals surface area (Å²) in [6, 6.07) is 18.8. The number of hydrogen-bond donors (Lipinski definition) is 2. The molecule has 43 heavy (non-hydrogen) atoms. The molecule has 0 radical (unpaired) electrons. The summed E-state index contributed by atoms with van der Waals surface area (Å²) in [5.41, 5.74) is 2.42. The van der Waals surface area contributed by atoms with Crippen LogP contribution in [0.2, 0.25) is 0 Å². The summed E-state index contributed by atoms with van der Waals surface area (Å²) in [4.78, 5) is 32.6. The molecular formula is C36H42N2O4S. The van der Waals surface area contributed by atoms with Gasteiger partial charge >= 0.3 is 5.97 Å². The van der Waals surface area contributed by atoms with E-state index in [-0.39, 0.29) is 17.5 Å². The number of fused-ring (bicyclic) bond motifs is 1. The van der Waals surface area contributed by atoms with Gasteiger partial charge in [-0.15, -0.1) is 11.3 Å². The number of hydrogen-bond acceptors (Lipinski definition) is 5. The number of aliphatic carboxylic acids is 1. The van der Waals surface area contributed by atoms with Crippen molar-refractivity contribution in [3.8, 4) is 11.5 Å². The predicted octanol–water partition coefficient (Wildman–Crippen LogP) is 8.50. The van der Waals surface area contributed by atoms with E-state index in [1.807, 2.05) is 42.5 Å². The Morgan fingerprint density at radius 3 is 2.37 bits per heavy atom. The third-order valence-corrected chi connectivity index (χ3v) is 9.42. The highest BCUT2D eigenvalue weighted by Gasteiger charge is 2.25. The highest BCUT2D eigenvalue weighted by Crippen LogP contribution is 2.33. The van der Waals surface area contributed by atoms with E-state index in [1.54, 1.807) is 17.4 Å². The van der Waals surface area contributed by atoms with E-state index < -0.39 is 17.9 Å². The maximum Gasteiger partial charge on any atom is 0.326 e. The second-order valence-electron chi connectivity index (χ2n) is 12.8. The molecule has 0 spiro atoms. The fraction of sp³-hybridized carbons (Fsp3) is 0.417. The standard InChI is InChI=1S/C36H42N2O4S/c1-5-8-28-17-18-29(43-28)22-33(35(40)41)38-34(39)32-20-24-11-14-27(42-26-15-12-25(13-16-26)36(2,3)4)21-30(24)31(37-32)19-23-9-6-7-10-23/h11-18,20-21,23,33H,5-10,19,22H2,1-4H3,(H,38,39)(H,40,41). The maximum atomic E-state index is 13.4. The Balaban J connectivity index is 1.40. The lowest BCUT2D eigenvalue weighted by molar-refractivity contribution is -0.139. The van der Waals surface area contributed by atoms with Crippen LogP contribution in [0.3, 0.4) is 0 Å². The van der Waals surface area contributed by atoms with Crippen molar-refractivity contribution >= 4 is 34.0 Å². The maximum absolute atomic E-state index is 13.4. The lowest BCUT2D eigenvalue weighted by atomic mass is 9.87. The van der Waals surface area contributed by atoms with E-state index >= 15 is 0 Å². The Morgan fingerprint density at radius 2 is 1.70 bits per heavy atom. The summed E-state index contributed by atoms with van der Waals surface area (Å²) in [6.45, 7) is 8.69. The van der Waals surface area contributed by atoms with Gasteiger partial charge in [-0.25, -0.2) is 9.78 Å². The third-order valence-electron chi connectivity index (χ3n) is 8.25. The van der Waals surface area contributed by atoms with Crippen LogP contribution in [0.5, 0.6) is 11.5 Å². The van der Waals surface area contributed by atoms with Crippen molar-refractivity contribution in [2.24, 2.45) is 5.92 Å². The third kappa shape index (κ3) is 7.82. The van der Waals surface area contributed by atoms with Crippen LogP contribution in [0.25, 0.3) is 10.8 Å². The highest BCUT2D eigenvalue weighted by molar-refractivity contribution is 7.12. The molecule has 1 unspecified atom stereocenters. The van der Waals surface area contributed by atoms with Gasteiger partial charge in [0.15, 0.2) is 0 Å². The van der Waals surface area contributed by atoms with Gasteiger partial charge in [-0.05, 0) is 77.6 Å². The first kappa shape index (κ1) is 30.7. The summed E-state index contributed by atoms with van der Waals surface area (Å²) in [7, 11) is 0. The molecule has 2 N–H and O–H groups in total. The van der Waals surface area contributed by atoms with Crippen LogP contribution in [-0.2, 0) is 29.5 Å². The van der Waals surface area contributed by atoms with Crippen molar-refractivity contribution in [3.05, 3.63) is 87.4 Å². The summed E-state index contributed by atoms with van der Waals surface area (Å²) >= 11 is 1.61. The molecule has 1 aliphatic rings. The number of benzene rings is 2. The van der Waals surface area contributed by atoms with E-state index in [0.29, 0.717) is 11.7 Å². The van der Waals surface area contributed by atoms with Gasteiger partial charge in [0.2, 0.25) is 0 Å². The Bertz CT molecular complexity index is 1580. The number of rotatable bonds is 11. The van der Waals surface area contributed by atoms with Crippen molar-refractivity contribution in [2.75, 3.05) is 0 Å². The number of carbonyl (C=O) groups is 2. The van der Waals surface area contributed by atoms with Gasteiger partial charge in [0.05, 0.1) is 0 Å². The summed E-state index contributed by atoms with van der Waals surface area (Å²) < 4.78 is 6.24. The van der Waals surface area contributed by atoms with Gasteiger partial charge < -0.3 is 15.2 Å². The molecule has 0 saturated heterocycles. The summed E-state index contributed by atoms with van der Waals surface area (Å²) in [5.74, 6) is 0.481. The minimum Gasteiger partial charge on any atom is -0.480 e. The van der Waals surface area contributed by atoms with E-state index in [1.165, 1.54) is 23.3 Å². The topological polar surface area (TPSA) is 88.5 Å². The molecule has 5 rings (SSSR count). The number of aromatic nitrogens is 1. The largest absolute Gasteiger partial charge is 0.480 e. The fourth-order valence-corrected chi connectivity index (χ4v) is 6.99. The molecule has 1 aliphatic carbocycles. The first-order valence-electron chi connectivity index (χ1n) is 15.4. The lowest BCUT2D eigenvalue weighted by Gasteiger charge is -2.19. The number of nitrogens with one attached hydrogen (secondary N) is 1. The normalized spacial score (nSPS) is 14.6. The van der Waals surface area contributed by atoms with Crippen molar-refractivity contribution < 1.29 is 19.4 Å². The Morgan fingerprint density at radius 1 is 1.00 bits per heavy atom. The second-order valence-corrected chi connectivity index (χ2v) is 14.0. The van der Waals surface area contributed by atoms with Crippen LogP contribution >= 0.6 is 11.3 Å². The molecule has 6 nitrogen and oxygen atoms in total. The summed E-state index contributed by atoms with van der Waals surface area (Å²) in [5, 5.41) is 14.5. The van der Waals surface area contributed by atoms with Crippen LogP contribution < -0.4 is 10.1 Å². The van der Waals surface area contributed by atoms with Gasteiger partial charge in [0.1, 0.15) is 23.2 Å². The Labute approximate surface area is 258 Å². The zero-order valence-electron chi connectivity index (χ0n) is 25.6. The van der Waals surface area contributed by atoms with Crippen LogP contribution in [0, 0.1) is 5.92 Å². The lowest BCUT2D eigenvalue weighted by Crippen LogP contribution is -2.42. The number of aryl methyl sites for hydroxylation is 1. The van der Waals surface area contributed by atoms with Crippen molar-refractivity contribution in [3.63, 3.8) is 0 Å². The molecule has 226 valence electrons. The van der Waals surface area contributed by atoms with Crippen molar-refractivity contribution in [2.45, 2.75) is 90.5 Å². The summed E-state index contributed by atoms with van der Waals surface area (Å²) in [6.07, 6.45) is 7.75. The van der Waals surface area contributed by atoms with E-state index in [9.17, 15) is 14.7 Å². The predicted molar refractivity (Wildman–Crippen MR) is 174 cm³/mol. The number of carboxylic acids is 1. The molecule has 1 fully saturated rings. The van der Waals surface area contributed by atoms with E-state index in [4.69, 9.17) is 9.72 Å². The van der Waals surface area contributed by atoms with Gasteiger partial charge in [0.25, 0.3) is 5.91 Å². The Hall–Kier alpha value is -3.71. The van der Waals surface area contributed by atoms with Crippen LogP contribution in [0.15, 0.2) is 60.7 Å². The number of amides is 1. The number of carbonyl (C=O) groups excluding carboxylic acids is 1. The van der Waals surface area contributed by atoms with Crippen LogP contribution in [0.4, 0.5) is 0 Å². The number of ether oxygens (including phenoxy) is 1. The van der Waals surface area contributed by atoms with E-state index in [0.717, 1.165) is 59.2 Å². The molecule has 2 heterocycles. The molecule has 1 atom stereocenters. The fourth-order valence-electron chi connectivity index (χ4n) is 5.82. The smallest absolute Gasteiger partial charge is 0.326 e. The minimum absolute atomic E-state index is 0.0683. The first-order chi connectivity index (χ1) is 20.6. The molecule has 2 aromatic heterocycles. The zero-order valence-corrected chi connectivity index (χ0v) is 26.4. The van der Waals surface area contributed by atoms with E-state index in [2.05, 4.69) is 45.1 Å². The SMILES string of the molecule is CCCc1ccc(CC(NC(=O)c2cc3ccc(Oc4ccc(C(C)(C)C)cc4)cc3c(CC3CCCC3)n2)C(=O)O)s1. The quantitative estimate of drug-likeness (QED) is 0.181. The molecule has 2 aromatic carbocycles. The van der Waals surface area contributed by atoms with Crippen molar-refractivity contribution in [1.29, 1.82) is 0 Å². The second kappa shape index (κ2) is 13.3. The van der Waals surface area contributed by atoms with Gasteiger partial charge in [0, 0.05) is 27.3 Å². The number of thiophene rings is 1. The molecular weight excluding hydrogens is 556 g/mol.